The van der Waals surface area contributed by atoms with Gasteiger partial charge in [-0.15, -0.1) is 0 Å². The molecule has 0 spiro atoms. The van der Waals surface area contributed by atoms with Gasteiger partial charge in [-0.05, 0) is 13.3 Å². The van der Waals surface area contributed by atoms with Crippen LogP contribution in [0.1, 0.15) is 26.2 Å². The number of nitrogens with zero attached hydrogens (tertiary/aromatic N) is 1. The van der Waals surface area contributed by atoms with E-state index in [0.717, 1.165) is 13.0 Å². The summed E-state index contributed by atoms with van der Waals surface area (Å²) in [4.78, 5) is 24.6. The van der Waals surface area contributed by atoms with E-state index in [0.29, 0.717) is 26.4 Å². The summed E-state index contributed by atoms with van der Waals surface area (Å²) in [6, 6.07) is 0. The van der Waals surface area contributed by atoms with Crippen molar-refractivity contribution in [2.75, 3.05) is 32.9 Å². The summed E-state index contributed by atoms with van der Waals surface area (Å²) in [5, 5.41) is 0. The summed E-state index contributed by atoms with van der Waals surface area (Å²) in [7, 11) is 0. The van der Waals surface area contributed by atoms with E-state index in [1.54, 1.807) is 11.8 Å². The van der Waals surface area contributed by atoms with Gasteiger partial charge >= 0.3 is 5.97 Å². The summed E-state index contributed by atoms with van der Waals surface area (Å²) in [5.74, 6) is -0.291. The molecule has 92 valence electrons. The van der Waals surface area contributed by atoms with Crippen LogP contribution >= 0.6 is 0 Å². The Kier molecular flexibility index (Phi) is 5.85. The zero-order chi connectivity index (χ0) is 11.8. The largest absolute Gasteiger partial charge is 0.466 e. The van der Waals surface area contributed by atoms with Gasteiger partial charge in [0.15, 0.2) is 0 Å². The minimum Gasteiger partial charge on any atom is -0.466 e. The molecule has 0 unspecified atom stereocenters. The molecule has 0 aromatic carbocycles. The van der Waals surface area contributed by atoms with E-state index in [2.05, 4.69) is 0 Å². The third-order valence-electron chi connectivity index (χ3n) is 2.42. The van der Waals surface area contributed by atoms with Crippen molar-refractivity contribution in [3.63, 3.8) is 0 Å². The standard InChI is InChI=1S/C11H19NO4/c1-2-16-11(14)5-4-10(13)12-6-3-8-15-9-7-12/h2-9H2,1H3. The lowest BCUT2D eigenvalue weighted by atomic mass is 10.2. The molecule has 1 fully saturated rings. The van der Waals surface area contributed by atoms with Crippen LogP contribution in [0.25, 0.3) is 0 Å². The summed E-state index contributed by atoms with van der Waals surface area (Å²) in [5.41, 5.74) is 0. The van der Waals surface area contributed by atoms with Gasteiger partial charge in [0.05, 0.1) is 19.6 Å². The second-order valence-electron chi connectivity index (χ2n) is 3.65. The SMILES string of the molecule is CCOC(=O)CCC(=O)N1CCCOCC1. The van der Waals surface area contributed by atoms with Gasteiger partial charge in [0.2, 0.25) is 5.91 Å². The summed E-state index contributed by atoms with van der Waals surface area (Å²) in [6.07, 6.45) is 1.27. The molecule has 0 aromatic heterocycles. The van der Waals surface area contributed by atoms with Crippen molar-refractivity contribution in [3.8, 4) is 0 Å². The Labute approximate surface area is 95.7 Å². The van der Waals surface area contributed by atoms with Crippen molar-refractivity contribution >= 4 is 11.9 Å². The van der Waals surface area contributed by atoms with Crippen LogP contribution in [0, 0.1) is 0 Å². The van der Waals surface area contributed by atoms with Gasteiger partial charge in [0.25, 0.3) is 0 Å². The second-order valence-corrected chi connectivity index (χ2v) is 3.65. The van der Waals surface area contributed by atoms with Crippen molar-refractivity contribution in [1.29, 1.82) is 0 Å². The van der Waals surface area contributed by atoms with E-state index in [1.165, 1.54) is 0 Å². The van der Waals surface area contributed by atoms with Gasteiger partial charge in [0.1, 0.15) is 0 Å². The van der Waals surface area contributed by atoms with Crippen molar-refractivity contribution in [2.24, 2.45) is 0 Å². The number of rotatable bonds is 4. The molecule has 1 saturated heterocycles. The quantitative estimate of drug-likeness (QED) is 0.662. The number of amides is 1. The van der Waals surface area contributed by atoms with Gasteiger partial charge in [-0.25, -0.2) is 0 Å². The fourth-order valence-electron chi connectivity index (χ4n) is 1.60. The molecule has 0 atom stereocenters. The third kappa shape index (κ3) is 4.61. The Balaban J connectivity index is 2.25. The fraction of sp³-hybridized carbons (Fsp3) is 0.818. The predicted molar refractivity (Wildman–Crippen MR) is 57.9 cm³/mol. The summed E-state index contributed by atoms with van der Waals surface area (Å²) < 4.78 is 10.0. The monoisotopic (exact) mass is 229 g/mol. The maximum Gasteiger partial charge on any atom is 0.306 e. The number of hydrogen-bond acceptors (Lipinski definition) is 4. The van der Waals surface area contributed by atoms with E-state index in [4.69, 9.17) is 9.47 Å². The van der Waals surface area contributed by atoms with Crippen LogP contribution in [0.5, 0.6) is 0 Å². The fourth-order valence-corrected chi connectivity index (χ4v) is 1.60. The number of carbonyl (C=O) groups excluding carboxylic acids is 2. The maximum atomic E-state index is 11.7. The molecule has 1 rings (SSSR count). The molecule has 0 bridgehead atoms. The molecule has 1 amide bonds. The zero-order valence-electron chi connectivity index (χ0n) is 9.74. The van der Waals surface area contributed by atoms with Gasteiger partial charge in [0, 0.05) is 26.1 Å². The van der Waals surface area contributed by atoms with E-state index in [9.17, 15) is 9.59 Å². The average molecular weight is 229 g/mol. The molecular weight excluding hydrogens is 210 g/mol. The lowest BCUT2D eigenvalue weighted by Crippen LogP contribution is -2.33. The molecule has 0 radical (unpaired) electrons. The molecule has 0 aliphatic carbocycles. The van der Waals surface area contributed by atoms with Crippen molar-refractivity contribution in [2.45, 2.75) is 26.2 Å². The lowest BCUT2D eigenvalue weighted by Gasteiger charge is -2.19. The second kappa shape index (κ2) is 7.22. The Morgan fingerprint density at radius 1 is 1.25 bits per heavy atom. The Hall–Kier alpha value is -1.10. The molecule has 1 aliphatic rings. The highest BCUT2D eigenvalue weighted by Crippen LogP contribution is 2.04. The zero-order valence-corrected chi connectivity index (χ0v) is 9.74. The van der Waals surface area contributed by atoms with Crippen molar-refractivity contribution in [3.05, 3.63) is 0 Å². The Bertz CT molecular complexity index is 234. The van der Waals surface area contributed by atoms with Crippen LogP contribution in [0.4, 0.5) is 0 Å². The highest BCUT2D eigenvalue weighted by Gasteiger charge is 2.16. The van der Waals surface area contributed by atoms with E-state index >= 15 is 0 Å². The van der Waals surface area contributed by atoms with Gasteiger partial charge in [-0.2, -0.15) is 0 Å². The number of ether oxygens (including phenoxy) is 2. The first-order valence-electron chi connectivity index (χ1n) is 5.75. The normalized spacial score (nSPS) is 16.7. The van der Waals surface area contributed by atoms with Crippen LogP contribution < -0.4 is 0 Å². The molecule has 0 saturated carbocycles. The van der Waals surface area contributed by atoms with Crippen molar-refractivity contribution < 1.29 is 19.1 Å². The first kappa shape index (κ1) is 13.0. The van der Waals surface area contributed by atoms with Crippen LogP contribution in [0.2, 0.25) is 0 Å². The topological polar surface area (TPSA) is 55.8 Å². The highest BCUT2D eigenvalue weighted by molar-refractivity contribution is 5.81. The smallest absolute Gasteiger partial charge is 0.306 e. The lowest BCUT2D eigenvalue weighted by molar-refractivity contribution is -0.145. The molecule has 5 heteroatoms. The van der Waals surface area contributed by atoms with Crippen LogP contribution in [-0.4, -0.2) is 49.7 Å². The van der Waals surface area contributed by atoms with Crippen LogP contribution in [0.15, 0.2) is 0 Å². The summed E-state index contributed by atoms with van der Waals surface area (Å²) >= 11 is 0. The predicted octanol–water partition coefficient (Wildman–Crippen LogP) is 0.579. The average Bonchev–Trinajstić information content (AvgIpc) is 2.55. The van der Waals surface area contributed by atoms with Crippen LogP contribution in [-0.2, 0) is 19.1 Å². The van der Waals surface area contributed by atoms with Gasteiger partial charge in [-0.1, -0.05) is 0 Å². The minimum atomic E-state index is -0.304. The van der Waals surface area contributed by atoms with E-state index < -0.39 is 0 Å². The maximum absolute atomic E-state index is 11.7. The van der Waals surface area contributed by atoms with Crippen LogP contribution in [0.3, 0.4) is 0 Å². The van der Waals surface area contributed by atoms with Crippen molar-refractivity contribution in [1.82, 2.24) is 4.90 Å². The third-order valence-corrected chi connectivity index (χ3v) is 2.42. The Morgan fingerprint density at radius 2 is 2.06 bits per heavy atom. The Morgan fingerprint density at radius 3 is 2.81 bits per heavy atom. The van der Waals surface area contributed by atoms with E-state index in [1.807, 2.05) is 0 Å². The molecule has 5 nitrogen and oxygen atoms in total. The minimum absolute atomic E-state index is 0.0125. The number of carbonyl (C=O) groups is 2. The van der Waals surface area contributed by atoms with Gasteiger partial charge < -0.3 is 14.4 Å². The molecular formula is C11H19NO4. The van der Waals surface area contributed by atoms with E-state index in [-0.39, 0.29) is 24.7 Å². The van der Waals surface area contributed by atoms with Gasteiger partial charge in [-0.3, -0.25) is 9.59 Å². The molecule has 16 heavy (non-hydrogen) atoms. The number of esters is 1. The highest BCUT2D eigenvalue weighted by atomic mass is 16.5. The molecule has 1 aliphatic heterocycles. The first-order chi connectivity index (χ1) is 7.74. The molecule has 0 N–H and O–H groups in total. The first-order valence-corrected chi connectivity index (χ1v) is 5.75. The molecule has 1 heterocycles. The summed E-state index contributed by atoms with van der Waals surface area (Å²) in [6.45, 7) is 4.77. The molecule has 0 aromatic rings. The number of hydrogen-bond donors (Lipinski definition) is 0.